The highest BCUT2D eigenvalue weighted by Gasteiger charge is 2.28. The molecule has 0 saturated heterocycles. The van der Waals surface area contributed by atoms with Gasteiger partial charge in [-0.1, -0.05) is 5.21 Å². The topological polar surface area (TPSA) is 56.7 Å². The van der Waals surface area contributed by atoms with E-state index in [9.17, 15) is 22.0 Å². The molecule has 0 spiro atoms. The molecule has 18 heavy (non-hydrogen) atoms. The maximum Gasteiger partial charge on any atom is 0.200 e. The summed E-state index contributed by atoms with van der Waals surface area (Å²) in [5.41, 5.74) is 4.03. The second-order valence-electron chi connectivity index (χ2n) is 3.26. The number of hydrogen-bond acceptors (Lipinski definition) is 3. The summed E-state index contributed by atoms with van der Waals surface area (Å²) in [5, 5.41) is 6.54. The van der Waals surface area contributed by atoms with Crippen molar-refractivity contribution in [2.45, 2.75) is 6.54 Å². The smallest absolute Gasteiger partial charge is 0.200 e. The predicted molar refractivity (Wildman–Crippen MR) is 49.0 cm³/mol. The van der Waals surface area contributed by atoms with Crippen LogP contribution < -0.4 is 5.73 Å². The third kappa shape index (κ3) is 1.63. The Morgan fingerprint density at radius 3 is 1.94 bits per heavy atom. The fourth-order valence-electron chi connectivity index (χ4n) is 1.36. The zero-order valence-corrected chi connectivity index (χ0v) is 8.59. The Kier molecular flexibility index (Phi) is 2.99. The molecule has 0 amide bonds. The van der Waals surface area contributed by atoms with Gasteiger partial charge in [0.15, 0.2) is 23.3 Å². The molecular formula is C9H5F5N4. The lowest BCUT2D eigenvalue weighted by atomic mass is 10.2. The molecule has 0 aliphatic heterocycles. The Labute approximate surface area is 96.8 Å². The van der Waals surface area contributed by atoms with E-state index >= 15 is 0 Å². The molecule has 1 heterocycles. The molecule has 2 N–H and O–H groups in total. The van der Waals surface area contributed by atoms with Crippen molar-refractivity contribution in [2.24, 2.45) is 5.73 Å². The average molecular weight is 264 g/mol. The van der Waals surface area contributed by atoms with Crippen LogP contribution in [0.1, 0.15) is 5.69 Å². The zero-order chi connectivity index (χ0) is 13.4. The molecule has 0 aliphatic carbocycles. The Morgan fingerprint density at radius 2 is 1.44 bits per heavy atom. The molecule has 0 fully saturated rings. The number of nitrogens with zero attached hydrogens (tertiary/aromatic N) is 3. The van der Waals surface area contributed by atoms with Gasteiger partial charge in [0, 0.05) is 6.54 Å². The van der Waals surface area contributed by atoms with Crippen LogP contribution in [0, 0.1) is 29.1 Å². The minimum Gasteiger partial charge on any atom is -0.325 e. The SMILES string of the molecule is NCc1cnnn1-c1c(F)c(F)c(F)c(F)c1F. The van der Waals surface area contributed by atoms with Crippen molar-refractivity contribution in [3.8, 4) is 5.69 Å². The van der Waals surface area contributed by atoms with Gasteiger partial charge in [-0.05, 0) is 0 Å². The molecule has 9 heteroatoms. The van der Waals surface area contributed by atoms with E-state index in [1.165, 1.54) is 0 Å². The Balaban J connectivity index is 2.80. The largest absolute Gasteiger partial charge is 0.325 e. The molecule has 0 atom stereocenters. The summed E-state index contributed by atoms with van der Waals surface area (Å²) >= 11 is 0. The average Bonchev–Trinajstić information content (AvgIpc) is 2.82. The molecule has 0 unspecified atom stereocenters. The molecule has 2 aromatic rings. The number of aromatic nitrogens is 3. The molecule has 96 valence electrons. The van der Waals surface area contributed by atoms with Crippen LogP contribution in [0.5, 0.6) is 0 Å². The maximum atomic E-state index is 13.4. The van der Waals surface area contributed by atoms with Gasteiger partial charge in [-0.15, -0.1) is 5.10 Å². The van der Waals surface area contributed by atoms with Crippen molar-refractivity contribution in [1.29, 1.82) is 0 Å². The summed E-state index contributed by atoms with van der Waals surface area (Å²) in [6.45, 7) is -0.230. The number of rotatable bonds is 2. The number of nitrogens with two attached hydrogens (primary N) is 1. The van der Waals surface area contributed by atoms with Gasteiger partial charge in [-0.2, -0.15) is 0 Å². The Hall–Kier alpha value is -2.03. The molecule has 0 radical (unpaired) electrons. The second kappa shape index (κ2) is 4.33. The molecular weight excluding hydrogens is 259 g/mol. The lowest BCUT2D eigenvalue weighted by Gasteiger charge is -2.09. The fraction of sp³-hybridized carbons (Fsp3) is 0.111. The quantitative estimate of drug-likeness (QED) is 0.507. The van der Waals surface area contributed by atoms with E-state index in [2.05, 4.69) is 10.3 Å². The van der Waals surface area contributed by atoms with Crippen LogP contribution in [0.15, 0.2) is 6.20 Å². The summed E-state index contributed by atoms with van der Waals surface area (Å²) in [6.07, 6.45) is 1.05. The van der Waals surface area contributed by atoms with Gasteiger partial charge in [0.1, 0.15) is 5.69 Å². The first-order valence-electron chi connectivity index (χ1n) is 4.60. The Morgan fingerprint density at radius 1 is 0.944 bits per heavy atom. The molecule has 0 bridgehead atoms. The molecule has 2 rings (SSSR count). The van der Waals surface area contributed by atoms with Gasteiger partial charge < -0.3 is 5.73 Å². The standard InChI is InChI=1S/C9H5F5N4/c10-4-5(11)7(13)9(8(14)6(4)12)18-3(1-15)2-16-17-18/h2H,1,15H2. The molecule has 0 saturated carbocycles. The highest BCUT2D eigenvalue weighted by molar-refractivity contribution is 5.37. The molecule has 4 nitrogen and oxygen atoms in total. The van der Waals surface area contributed by atoms with Crippen LogP contribution >= 0.6 is 0 Å². The van der Waals surface area contributed by atoms with E-state index in [0.29, 0.717) is 4.68 Å². The van der Waals surface area contributed by atoms with E-state index in [0.717, 1.165) is 6.20 Å². The highest BCUT2D eigenvalue weighted by Crippen LogP contribution is 2.26. The maximum absolute atomic E-state index is 13.4. The van der Waals surface area contributed by atoms with Crippen LogP contribution in [0.2, 0.25) is 0 Å². The normalized spacial score (nSPS) is 11.0. The monoisotopic (exact) mass is 264 g/mol. The summed E-state index contributed by atoms with van der Waals surface area (Å²) in [6, 6.07) is 0. The Bertz CT molecular complexity index is 580. The molecule has 1 aromatic carbocycles. The van der Waals surface area contributed by atoms with Gasteiger partial charge >= 0.3 is 0 Å². The van der Waals surface area contributed by atoms with Crippen molar-refractivity contribution in [2.75, 3.05) is 0 Å². The lowest BCUT2D eigenvalue weighted by molar-refractivity contribution is 0.372. The van der Waals surface area contributed by atoms with Gasteiger partial charge in [0.25, 0.3) is 0 Å². The van der Waals surface area contributed by atoms with Crippen LogP contribution in [0.3, 0.4) is 0 Å². The number of hydrogen-bond donors (Lipinski definition) is 1. The minimum atomic E-state index is -2.23. The van der Waals surface area contributed by atoms with Gasteiger partial charge in [0.2, 0.25) is 5.82 Å². The summed E-state index contributed by atoms with van der Waals surface area (Å²) in [7, 11) is 0. The number of halogens is 5. The van der Waals surface area contributed by atoms with Gasteiger partial charge in [0.05, 0.1) is 11.9 Å². The summed E-state index contributed by atoms with van der Waals surface area (Å²) in [4.78, 5) is 0. The van der Waals surface area contributed by atoms with Gasteiger partial charge in [-0.25, -0.2) is 26.6 Å². The second-order valence-corrected chi connectivity index (χ2v) is 3.26. The van der Waals surface area contributed by atoms with E-state index in [1.807, 2.05) is 0 Å². The summed E-state index contributed by atoms with van der Waals surface area (Å²) in [5.74, 6) is -10.3. The lowest BCUT2D eigenvalue weighted by Crippen LogP contribution is -2.14. The first-order valence-corrected chi connectivity index (χ1v) is 4.60. The zero-order valence-electron chi connectivity index (χ0n) is 8.59. The first kappa shape index (κ1) is 12.4. The third-order valence-corrected chi connectivity index (χ3v) is 2.23. The summed E-state index contributed by atoms with van der Waals surface area (Å²) < 4.78 is 66.1. The van der Waals surface area contributed by atoms with Crippen molar-refractivity contribution < 1.29 is 22.0 Å². The van der Waals surface area contributed by atoms with Crippen LogP contribution in [-0.4, -0.2) is 15.0 Å². The van der Waals surface area contributed by atoms with Crippen molar-refractivity contribution in [1.82, 2.24) is 15.0 Å². The minimum absolute atomic E-state index is 0.00166. The van der Waals surface area contributed by atoms with Crippen LogP contribution in [-0.2, 0) is 6.54 Å². The van der Waals surface area contributed by atoms with E-state index in [1.54, 1.807) is 0 Å². The predicted octanol–water partition coefficient (Wildman–Crippen LogP) is 1.42. The van der Waals surface area contributed by atoms with Gasteiger partial charge in [-0.3, -0.25) is 0 Å². The number of benzene rings is 1. The van der Waals surface area contributed by atoms with Crippen molar-refractivity contribution in [3.05, 3.63) is 41.0 Å². The van der Waals surface area contributed by atoms with Crippen molar-refractivity contribution >= 4 is 0 Å². The fourth-order valence-corrected chi connectivity index (χ4v) is 1.36. The van der Waals surface area contributed by atoms with E-state index in [4.69, 9.17) is 5.73 Å². The van der Waals surface area contributed by atoms with Crippen molar-refractivity contribution in [3.63, 3.8) is 0 Å². The van der Waals surface area contributed by atoms with E-state index < -0.39 is 34.8 Å². The van der Waals surface area contributed by atoms with E-state index in [-0.39, 0.29) is 12.2 Å². The van der Waals surface area contributed by atoms with Crippen LogP contribution in [0.25, 0.3) is 5.69 Å². The highest BCUT2D eigenvalue weighted by atomic mass is 19.2. The third-order valence-electron chi connectivity index (χ3n) is 2.23. The molecule has 1 aromatic heterocycles. The molecule has 0 aliphatic rings. The first-order chi connectivity index (χ1) is 8.49. The van der Waals surface area contributed by atoms with Crippen LogP contribution in [0.4, 0.5) is 22.0 Å².